The topological polar surface area (TPSA) is 17.1 Å². The summed E-state index contributed by atoms with van der Waals surface area (Å²) in [5, 5.41) is 0. The van der Waals surface area contributed by atoms with Crippen molar-refractivity contribution in [2.75, 3.05) is 0 Å². The Balaban J connectivity index is 1.88. The molecule has 0 amide bonds. The zero-order valence-corrected chi connectivity index (χ0v) is 11.5. The third kappa shape index (κ3) is 6.65. The first kappa shape index (κ1) is 14.5. The van der Waals surface area contributed by atoms with E-state index in [1.807, 2.05) is 0 Å². The van der Waals surface area contributed by atoms with E-state index in [2.05, 4.69) is 13.0 Å². The maximum atomic E-state index is 11.8. The monoisotopic (exact) mass is 236 g/mol. The number of hydrogen-bond donors (Lipinski definition) is 0. The molecule has 1 nitrogen and oxygen atoms in total. The number of rotatable bonds is 10. The highest BCUT2D eigenvalue weighted by atomic mass is 16.1. The predicted octanol–water partition coefficient (Wildman–Crippen LogP) is 5.20. The lowest BCUT2D eigenvalue weighted by molar-refractivity contribution is -0.115. The minimum atomic E-state index is 0.425. The highest BCUT2D eigenvalue weighted by Crippen LogP contribution is 2.20. The summed E-state index contributed by atoms with van der Waals surface area (Å²) in [6.07, 6.45) is 16.8. The number of carbonyl (C=O) groups excluding carboxylic acids is 1. The SMILES string of the molecule is CCCCCCCCCCC(=O)C1=CCCC1. The maximum absolute atomic E-state index is 11.8. The second-order valence-electron chi connectivity index (χ2n) is 5.27. The first-order chi connectivity index (χ1) is 8.34. The highest BCUT2D eigenvalue weighted by Gasteiger charge is 2.12. The number of Topliss-reactive ketones (excluding diaryl/α,β-unsaturated/α-hetero) is 1. The number of carbonyl (C=O) groups is 1. The highest BCUT2D eigenvalue weighted by molar-refractivity contribution is 5.95. The molecule has 1 heteroatoms. The summed E-state index contributed by atoms with van der Waals surface area (Å²) in [5.74, 6) is 0.425. The van der Waals surface area contributed by atoms with Crippen LogP contribution in [0, 0.1) is 0 Å². The maximum Gasteiger partial charge on any atom is 0.158 e. The zero-order chi connectivity index (χ0) is 12.3. The Hall–Kier alpha value is -0.590. The van der Waals surface area contributed by atoms with Gasteiger partial charge < -0.3 is 0 Å². The number of unbranched alkanes of at least 4 members (excludes halogenated alkanes) is 7. The van der Waals surface area contributed by atoms with Gasteiger partial charge in [0.2, 0.25) is 0 Å². The van der Waals surface area contributed by atoms with E-state index in [1.165, 1.54) is 51.4 Å². The molecule has 0 aromatic rings. The molecule has 0 heterocycles. The Morgan fingerprint density at radius 2 is 1.71 bits per heavy atom. The number of allylic oxidation sites excluding steroid dienone is 2. The average Bonchev–Trinajstić information content (AvgIpc) is 2.86. The smallest absolute Gasteiger partial charge is 0.158 e. The summed E-state index contributed by atoms with van der Waals surface area (Å²) >= 11 is 0. The van der Waals surface area contributed by atoms with Gasteiger partial charge in [-0.25, -0.2) is 0 Å². The molecular formula is C16H28O. The molecular weight excluding hydrogens is 208 g/mol. The van der Waals surface area contributed by atoms with Crippen molar-refractivity contribution in [1.29, 1.82) is 0 Å². The van der Waals surface area contributed by atoms with E-state index in [0.717, 1.165) is 31.3 Å². The molecule has 0 aliphatic heterocycles. The fraction of sp³-hybridized carbons (Fsp3) is 0.812. The fourth-order valence-electron chi connectivity index (χ4n) is 2.50. The lowest BCUT2D eigenvalue weighted by atomic mass is 10.0. The minimum absolute atomic E-state index is 0.425. The normalized spacial score (nSPS) is 15.0. The molecule has 0 saturated heterocycles. The summed E-state index contributed by atoms with van der Waals surface area (Å²) in [6.45, 7) is 2.25. The van der Waals surface area contributed by atoms with Gasteiger partial charge >= 0.3 is 0 Å². The van der Waals surface area contributed by atoms with Crippen molar-refractivity contribution in [2.24, 2.45) is 0 Å². The average molecular weight is 236 g/mol. The van der Waals surface area contributed by atoms with E-state index >= 15 is 0 Å². The molecule has 0 unspecified atom stereocenters. The molecule has 0 saturated carbocycles. The van der Waals surface area contributed by atoms with Crippen LogP contribution in [0.1, 0.15) is 84.0 Å². The molecule has 1 rings (SSSR count). The van der Waals surface area contributed by atoms with E-state index in [1.54, 1.807) is 0 Å². The van der Waals surface area contributed by atoms with Gasteiger partial charge in [-0.2, -0.15) is 0 Å². The van der Waals surface area contributed by atoms with Crippen LogP contribution < -0.4 is 0 Å². The van der Waals surface area contributed by atoms with E-state index in [-0.39, 0.29) is 0 Å². The Labute approximate surface area is 107 Å². The second-order valence-corrected chi connectivity index (χ2v) is 5.27. The molecule has 98 valence electrons. The van der Waals surface area contributed by atoms with Gasteiger partial charge in [-0.15, -0.1) is 0 Å². The lowest BCUT2D eigenvalue weighted by Gasteiger charge is -2.02. The molecule has 1 aliphatic carbocycles. The van der Waals surface area contributed by atoms with Gasteiger partial charge in [0.1, 0.15) is 0 Å². The van der Waals surface area contributed by atoms with Crippen molar-refractivity contribution < 1.29 is 4.79 Å². The zero-order valence-electron chi connectivity index (χ0n) is 11.5. The van der Waals surface area contributed by atoms with Crippen LogP contribution in [-0.2, 0) is 4.79 Å². The molecule has 0 N–H and O–H groups in total. The van der Waals surface area contributed by atoms with Crippen LogP contribution in [-0.4, -0.2) is 5.78 Å². The van der Waals surface area contributed by atoms with Gasteiger partial charge in [0, 0.05) is 6.42 Å². The van der Waals surface area contributed by atoms with Crippen LogP contribution in [0.25, 0.3) is 0 Å². The van der Waals surface area contributed by atoms with Gasteiger partial charge in [-0.1, -0.05) is 57.9 Å². The first-order valence-electron chi connectivity index (χ1n) is 7.57. The lowest BCUT2D eigenvalue weighted by Crippen LogP contribution is -2.00. The van der Waals surface area contributed by atoms with Crippen molar-refractivity contribution in [1.82, 2.24) is 0 Å². The number of ketones is 1. The van der Waals surface area contributed by atoms with Crippen LogP contribution in [0.3, 0.4) is 0 Å². The molecule has 0 aromatic heterocycles. The fourth-order valence-corrected chi connectivity index (χ4v) is 2.50. The molecule has 0 bridgehead atoms. The Bertz CT molecular complexity index is 240. The van der Waals surface area contributed by atoms with E-state index in [0.29, 0.717) is 5.78 Å². The van der Waals surface area contributed by atoms with Gasteiger partial charge in [-0.3, -0.25) is 4.79 Å². The van der Waals surface area contributed by atoms with Crippen molar-refractivity contribution >= 4 is 5.78 Å². The van der Waals surface area contributed by atoms with Crippen molar-refractivity contribution in [2.45, 2.75) is 84.0 Å². The molecule has 0 fully saturated rings. The quantitative estimate of drug-likeness (QED) is 0.477. The van der Waals surface area contributed by atoms with E-state index < -0.39 is 0 Å². The standard InChI is InChI=1S/C16H28O/c1-2-3-4-5-6-7-8-9-14-16(17)15-12-10-11-13-15/h12H,2-11,13-14H2,1H3. The Morgan fingerprint density at radius 1 is 1.06 bits per heavy atom. The summed E-state index contributed by atoms with van der Waals surface area (Å²) in [7, 11) is 0. The van der Waals surface area contributed by atoms with Crippen molar-refractivity contribution in [3.05, 3.63) is 11.6 Å². The van der Waals surface area contributed by atoms with Crippen LogP contribution in [0.15, 0.2) is 11.6 Å². The largest absolute Gasteiger partial charge is 0.295 e. The summed E-state index contributed by atoms with van der Waals surface area (Å²) in [4.78, 5) is 11.8. The molecule has 0 radical (unpaired) electrons. The van der Waals surface area contributed by atoms with E-state index in [4.69, 9.17) is 0 Å². The van der Waals surface area contributed by atoms with Gasteiger partial charge in [0.05, 0.1) is 0 Å². The molecule has 0 aromatic carbocycles. The first-order valence-corrected chi connectivity index (χ1v) is 7.57. The van der Waals surface area contributed by atoms with Crippen LogP contribution in [0.2, 0.25) is 0 Å². The van der Waals surface area contributed by atoms with Crippen LogP contribution in [0.4, 0.5) is 0 Å². The minimum Gasteiger partial charge on any atom is -0.295 e. The van der Waals surface area contributed by atoms with Gasteiger partial charge in [0.15, 0.2) is 5.78 Å². The van der Waals surface area contributed by atoms with Gasteiger partial charge in [0.25, 0.3) is 0 Å². The second kappa shape index (κ2) is 9.44. The summed E-state index contributed by atoms with van der Waals surface area (Å²) in [6, 6.07) is 0. The van der Waals surface area contributed by atoms with Crippen LogP contribution in [0.5, 0.6) is 0 Å². The van der Waals surface area contributed by atoms with E-state index in [9.17, 15) is 4.79 Å². The van der Waals surface area contributed by atoms with Crippen molar-refractivity contribution in [3.8, 4) is 0 Å². The van der Waals surface area contributed by atoms with Gasteiger partial charge in [-0.05, 0) is 31.3 Å². The molecule has 0 spiro atoms. The third-order valence-corrected chi connectivity index (χ3v) is 3.66. The third-order valence-electron chi connectivity index (χ3n) is 3.66. The summed E-state index contributed by atoms with van der Waals surface area (Å²) in [5.41, 5.74) is 1.12. The summed E-state index contributed by atoms with van der Waals surface area (Å²) < 4.78 is 0. The predicted molar refractivity (Wildman–Crippen MR) is 74.2 cm³/mol. The Morgan fingerprint density at radius 3 is 2.29 bits per heavy atom. The molecule has 1 aliphatic rings. The Kier molecular flexibility index (Phi) is 8.04. The van der Waals surface area contributed by atoms with Crippen molar-refractivity contribution in [3.63, 3.8) is 0 Å². The molecule has 17 heavy (non-hydrogen) atoms. The molecule has 0 atom stereocenters. The van der Waals surface area contributed by atoms with Crippen LogP contribution >= 0.6 is 0 Å². The number of hydrogen-bond acceptors (Lipinski definition) is 1.